The summed E-state index contributed by atoms with van der Waals surface area (Å²) < 4.78 is 33.5. The van der Waals surface area contributed by atoms with Crippen LogP contribution in [0.3, 0.4) is 0 Å². The Balaban J connectivity index is 1.93. The molecule has 4 rings (SSSR count). The third-order valence-corrected chi connectivity index (χ3v) is 8.08. The Morgan fingerprint density at radius 3 is 2.57 bits per heavy atom. The second kappa shape index (κ2) is 6.74. The minimum atomic E-state index is -3.80. The van der Waals surface area contributed by atoms with E-state index in [-0.39, 0.29) is 4.90 Å². The van der Waals surface area contributed by atoms with Crippen LogP contribution in [0.25, 0.3) is 16.2 Å². The van der Waals surface area contributed by atoms with Crippen LogP contribution < -0.4 is 4.74 Å². The molecule has 0 fully saturated rings. The minimum absolute atomic E-state index is 0.0712. The molecular formula is C20H25N3O5S2. The molecule has 0 aliphatic carbocycles. The van der Waals surface area contributed by atoms with Crippen LogP contribution >= 0.6 is 11.3 Å². The Morgan fingerprint density at radius 1 is 1.23 bits per heavy atom. The zero-order valence-corrected chi connectivity index (χ0v) is 19.2. The van der Waals surface area contributed by atoms with E-state index >= 15 is 0 Å². The second-order valence-corrected chi connectivity index (χ2v) is 11.8. The predicted octanol–water partition coefficient (Wildman–Crippen LogP) is 2.47. The maximum atomic E-state index is 13.1. The van der Waals surface area contributed by atoms with Crippen LogP contribution in [0.15, 0.2) is 17.0 Å². The number of fused-ring (bicyclic) bond motifs is 2. The maximum absolute atomic E-state index is 13.1. The van der Waals surface area contributed by atoms with E-state index in [0.717, 1.165) is 5.56 Å². The van der Waals surface area contributed by atoms with Crippen molar-refractivity contribution in [3.05, 3.63) is 28.4 Å². The fourth-order valence-corrected chi connectivity index (χ4v) is 6.42. The van der Waals surface area contributed by atoms with Gasteiger partial charge in [0.25, 0.3) is 0 Å². The molecule has 3 heterocycles. The summed E-state index contributed by atoms with van der Waals surface area (Å²) in [6.07, 6.45) is 0.598. The average Bonchev–Trinajstić information content (AvgIpc) is 3.24. The van der Waals surface area contributed by atoms with E-state index in [1.807, 2.05) is 13.0 Å². The largest absolute Gasteiger partial charge is 0.492 e. The van der Waals surface area contributed by atoms with Crippen LogP contribution in [0, 0.1) is 6.92 Å². The highest BCUT2D eigenvalue weighted by atomic mass is 32.2. The zero-order valence-electron chi connectivity index (χ0n) is 17.6. The van der Waals surface area contributed by atoms with E-state index < -0.39 is 26.8 Å². The van der Waals surface area contributed by atoms with E-state index in [1.54, 1.807) is 24.4 Å². The van der Waals surface area contributed by atoms with E-state index in [0.29, 0.717) is 45.7 Å². The highest BCUT2D eigenvalue weighted by Gasteiger charge is 2.32. The number of benzene rings is 1. The number of hydrogen-bond acceptors (Lipinski definition) is 8. The fourth-order valence-electron chi connectivity index (χ4n) is 3.61. The monoisotopic (exact) mass is 451 g/mol. The lowest BCUT2D eigenvalue weighted by molar-refractivity contribution is 0.0773. The van der Waals surface area contributed by atoms with Gasteiger partial charge in [-0.3, -0.25) is 0 Å². The number of nitrogens with zero attached hydrogens (tertiary/aromatic N) is 3. The van der Waals surface area contributed by atoms with Gasteiger partial charge in [-0.1, -0.05) is 11.3 Å². The Kier molecular flexibility index (Phi) is 4.77. The topological polar surface area (TPSA) is 114 Å². The first-order valence-electron chi connectivity index (χ1n) is 9.60. The van der Waals surface area contributed by atoms with Gasteiger partial charge in [-0.25, -0.2) is 17.9 Å². The van der Waals surface area contributed by atoms with Crippen molar-refractivity contribution in [3.63, 3.8) is 0 Å². The number of aryl methyl sites for hydroxylation is 1. The average molecular weight is 452 g/mol. The molecule has 3 aromatic rings. The van der Waals surface area contributed by atoms with Crippen molar-refractivity contribution in [2.45, 2.75) is 57.1 Å². The van der Waals surface area contributed by atoms with Crippen molar-refractivity contribution in [2.24, 2.45) is 0 Å². The first kappa shape index (κ1) is 21.2. The van der Waals surface area contributed by atoms with E-state index in [4.69, 9.17) is 4.74 Å². The standard InChI is InChI=1S/C20H25N3O5S2/c1-11-15(23-18(21-11)29-17(22-23)20(4,5)25)13-8-12-6-7-28-16(12)14(9-13)30(26,27)10-19(2,3)24/h8-9,24-25H,6-7,10H2,1-5H3. The van der Waals surface area contributed by atoms with Crippen LogP contribution in [0.2, 0.25) is 0 Å². The van der Waals surface area contributed by atoms with Crippen molar-refractivity contribution < 1.29 is 23.4 Å². The smallest absolute Gasteiger partial charge is 0.213 e. The number of sulfone groups is 1. The molecule has 2 N–H and O–H groups in total. The third kappa shape index (κ3) is 3.73. The van der Waals surface area contributed by atoms with Crippen molar-refractivity contribution in [3.8, 4) is 17.0 Å². The molecule has 0 unspecified atom stereocenters. The first-order chi connectivity index (χ1) is 13.8. The summed E-state index contributed by atoms with van der Waals surface area (Å²) in [6, 6.07) is 3.48. The van der Waals surface area contributed by atoms with Crippen LogP contribution in [-0.4, -0.2) is 51.2 Å². The van der Waals surface area contributed by atoms with Gasteiger partial charge in [-0.2, -0.15) is 5.10 Å². The summed E-state index contributed by atoms with van der Waals surface area (Å²) in [7, 11) is -3.80. The number of aromatic nitrogens is 3. The van der Waals surface area contributed by atoms with Gasteiger partial charge < -0.3 is 14.9 Å². The lowest BCUT2D eigenvalue weighted by Gasteiger charge is -2.19. The minimum Gasteiger partial charge on any atom is -0.492 e. The SMILES string of the molecule is Cc1nc2sc(C(C)(C)O)nn2c1-c1cc2c(c(S(=O)(=O)CC(C)(C)O)c1)OCC2. The van der Waals surface area contributed by atoms with E-state index in [9.17, 15) is 18.6 Å². The molecule has 0 saturated carbocycles. The molecule has 10 heteroatoms. The Labute approximate surface area is 179 Å². The predicted molar refractivity (Wildman–Crippen MR) is 114 cm³/mol. The highest BCUT2D eigenvalue weighted by Crippen LogP contribution is 2.40. The molecule has 8 nitrogen and oxygen atoms in total. The number of imidazole rings is 1. The molecule has 0 bridgehead atoms. The molecule has 0 amide bonds. The molecule has 30 heavy (non-hydrogen) atoms. The van der Waals surface area contributed by atoms with Gasteiger partial charge in [0.15, 0.2) is 9.84 Å². The van der Waals surface area contributed by atoms with Crippen molar-refractivity contribution in [1.82, 2.24) is 14.6 Å². The second-order valence-electron chi connectivity index (χ2n) is 8.84. The molecule has 0 saturated heterocycles. The summed E-state index contributed by atoms with van der Waals surface area (Å²) >= 11 is 1.29. The molecule has 1 aromatic carbocycles. The Hall–Kier alpha value is -2.01. The molecule has 0 spiro atoms. The van der Waals surface area contributed by atoms with Gasteiger partial charge in [-0.15, -0.1) is 0 Å². The van der Waals surface area contributed by atoms with E-state index in [2.05, 4.69) is 10.1 Å². The first-order valence-corrected chi connectivity index (χ1v) is 12.1. The van der Waals surface area contributed by atoms with Gasteiger partial charge in [0.05, 0.1) is 29.3 Å². The zero-order chi connectivity index (χ0) is 22.1. The van der Waals surface area contributed by atoms with Crippen LogP contribution in [0.1, 0.15) is 44.0 Å². The molecule has 162 valence electrons. The van der Waals surface area contributed by atoms with Crippen LogP contribution in [-0.2, 0) is 21.9 Å². The molecule has 0 radical (unpaired) electrons. The van der Waals surface area contributed by atoms with Gasteiger partial charge in [0.1, 0.15) is 21.3 Å². The number of rotatable bonds is 5. The molecular weight excluding hydrogens is 426 g/mol. The Morgan fingerprint density at radius 2 is 1.93 bits per heavy atom. The van der Waals surface area contributed by atoms with Gasteiger partial charge >= 0.3 is 0 Å². The van der Waals surface area contributed by atoms with Gasteiger partial charge in [0, 0.05) is 12.0 Å². The third-order valence-electron chi connectivity index (χ3n) is 4.80. The molecule has 1 aliphatic rings. The maximum Gasteiger partial charge on any atom is 0.213 e. The summed E-state index contributed by atoms with van der Waals surface area (Å²) in [5.74, 6) is -0.0588. The van der Waals surface area contributed by atoms with Gasteiger partial charge in [-0.05, 0) is 52.3 Å². The summed E-state index contributed by atoms with van der Waals surface area (Å²) in [5, 5.41) is 25.5. The molecule has 0 atom stereocenters. The van der Waals surface area contributed by atoms with Crippen molar-refractivity contribution in [2.75, 3.05) is 12.4 Å². The normalized spacial score (nSPS) is 14.9. The summed E-state index contributed by atoms with van der Waals surface area (Å²) in [6.45, 7) is 8.50. The summed E-state index contributed by atoms with van der Waals surface area (Å²) in [4.78, 5) is 5.25. The number of aliphatic hydroxyl groups is 2. The quantitative estimate of drug-likeness (QED) is 0.612. The lowest BCUT2D eigenvalue weighted by atomic mass is 10.1. The van der Waals surface area contributed by atoms with Crippen molar-refractivity contribution >= 4 is 26.1 Å². The van der Waals surface area contributed by atoms with Gasteiger partial charge in [0.2, 0.25) is 4.96 Å². The fraction of sp³-hybridized carbons (Fsp3) is 0.500. The van der Waals surface area contributed by atoms with Crippen LogP contribution in [0.5, 0.6) is 5.75 Å². The molecule has 2 aromatic heterocycles. The van der Waals surface area contributed by atoms with E-state index in [1.165, 1.54) is 25.2 Å². The Bertz CT molecular complexity index is 1240. The van der Waals surface area contributed by atoms with Crippen molar-refractivity contribution in [1.29, 1.82) is 0 Å². The lowest BCUT2D eigenvalue weighted by Crippen LogP contribution is -2.30. The van der Waals surface area contributed by atoms with Crippen LogP contribution in [0.4, 0.5) is 0 Å². The summed E-state index contributed by atoms with van der Waals surface area (Å²) in [5.41, 5.74) is 0.354. The molecule has 1 aliphatic heterocycles. The number of hydrogen-bond donors (Lipinski definition) is 2. The number of ether oxygens (including phenoxy) is 1. The highest BCUT2D eigenvalue weighted by molar-refractivity contribution is 7.91.